The Balaban J connectivity index is 1.82. The van der Waals surface area contributed by atoms with Gasteiger partial charge in [0.15, 0.2) is 0 Å². The molecule has 29 heavy (non-hydrogen) atoms. The summed E-state index contributed by atoms with van der Waals surface area (Å²) < 4.78 is 10.2. The van der Waals surface area contributed by atoms with E-state index in [9.17, 15) is 14.7 Å². The molecule has 0 aliphatic rings. The van der Waals surface area contributed by atoms with Crippen molar-refractivity contribution in [2.45, 2.75) is 51.7 Å². The van der Waals surface area contributed by atoms with E-state index in [0.29, 0.717) is 25.0 Å². The minimum Gasteiger partial charge on any atom is -0.428 e. The van der Waals surface area contributed by atoms with Gasteiger partial charge >= 0.3 is 6.16 Å². The molecule has 0 fully saturated rings. The Bertz CT molecular complexity index is 781. The van der Waals surface area contributed by atoms with Crippen molar-refractivity contribution in [2.24, 2.45) is 0 Å². The number of aliphatic hydroxyl groups is 1. The number of carbonyl (C=O) groups excluding carboxylic acids is 2. The number of carbonyl (C=O) groups is 2. The molecule has 2 rings (SSSR count). The van der Waals surface area contributed by atoms with Crippen LogP contribution in [0, 0.1) is 0 Å². The maximum absolute atomic E-state index is 12.2. The van der Waals surface area contributed by atoms with Crippen LogP contribution in [0.2, 0.25) is 0 Å². The third-order valence-corrected chi connectivity index (χ3v) is 4.07. The smallest absolute Gasteiger partial charge is 0.428 e. The van der Waals surface area contributed by atoms with Crippen LogP contribution in [-0.4, -0.2) is 35.4 Å². The zero-order valence-electron chi connectivity index (χ0n) is 17.2. The van der Waals surface area contributed by atoms with E-state index in [2.05, 4.69) is 5.32 Å². The summed E-state index contributed by atoms with van der Waals surface area (Å²) in [5.41, 5.74) is 1.39. The SMILES string of the molecule is CC(C)(C)OC(=O)Oc1ccc(CC(CO)NC(=O)CCc2ccccc2)cc1. The zero-order valence-corrected chi connectivity index (χ0v) is 17.2. The van der Waals surface area contributed by atoms with Crippen molar-refractivity contribution in [3.05, 3.63) is 65.7 Å². The average molecular weight is 399 g/mol. The van der Waals surface area contributed by atoms with Crippen molar-refractivity contribution in [1.29, 1.82) is 0 Å². The number of rotatable bonds is 8. The quantitative estimate of drug-likeness (QED) is 0.523. The van der Waals surface area contributed by atoms with Crippen LogP contribution in [0.5, 0.6) is 5.75 Å². The highest BCUT2D eigenvalue weighted by molar-refractivity contribution is 5.76. The van der Waals surface area contributed by atoms with Gasteiger partial charge in [-0.2, -0.15) is 0 Å². The summed E-state index contributed by atoms with van der Waals surface area (Å²) >= 11 is 0. The second-order valence-electron chi connectivity index (χ2n) is 7.85. The Kier molecular flexibility index (Phi) is 8.21. The Hall–Kier alpha value is -2.86. The van der Waals surface area contributed by atoms with Crippen LogP contribution in [0.25, 0.3) is 0 Å². The lowest BCUT2D eigenvalue weighted by atomic mass is 10.1. The third-order valence-electron chi connectivity index (χ3n) is 4.07. The monoisotopic (exact) mass is 399 g/mol. The Morgan fingerprint density at radius 1 is 1.00 bits per heavy atom. The van der Waals surface area contributed by atoms with E-state index in [1.54, 1.807) is 45.0 Å². The summed E-state index contributed by atoms with van der Waals surface area (Å²) in [6, 6.07) is 16.3. The molecular formula is C23H29NO5. The standard InChI is InChI=1S/C23H29NO5/c1-23(2,3)29-22(27)28-20-12-9-18(10-13-20)15-19(16-25)24-21(26)14-11-17-7-5-4-6-8-17/h4-10,12-13,19,25H,11,14-16H2,1-3H3,(H,24,26). The number of nitrogens with one attached hydrogen (secondary N) is 1. The molecule has 0 aromatic heterocycles. The molecular weight excluding hydrogens is 370 g/mol. The summed E-state index contributed by atoms with van der Waals surface area (Å²) in [6.07, 6.45) is 0.731. The van der Waals surface area contributed by atoms with Crippen LogP contribution in [0.4, 0.5) is 4.79 Å². The van der Waals surface area contributed by atoms with Crippen LogP contribution in [0.3, 0.4) is 0 Å². The predicted molar refractivity (Wildman–Crippen MR) is 111 cm³/mol. The van der Waals surface area contributed by atoms with Crippen LogP contribution in [0.1, 0.15) is 38.3 Å². The Labute approximate surface area is 171 Å². The van der Waals surface area contributed by atoms with E-state index in [-0.39, 0.29) is 18.6 Å². The van der Waals surface area contributed by atoms with Gasteiger partial charge in [-0.3, -0.25) is 4.79 Å². The molecule has 0 spiro atoms. The van der Waals surface area contributed by atoms with E-state index in [4.69, 9.17) is 9.47 Å². The molecule has 2 aromatic rings. The Morgan fingerprint density at radius 3 is 2.24 bits per heavy atom. The van der Waals surface area contributed by atoms with Crippen LogP contribution in [0.15, 0.2) is 54.6 Å². The van der Waals surface area contributed by atoms with Gasteiger partial charge in [0.1, 0.15) is 11.4 Å². The van der Waals surface area contributed by atoms with Gasteiger partial charge in [-0.05, 0) is 56.9 Å². The molecule has 2 aromatic carbocycles. The van der Waals surface area contributed by atoms with E-state index >= 15 is 0 Å². The summed E-state index contributed by atoms with van der Waals surface area (Å²) in [5, 5.41) is 12.5. The topological polar surface area (TPSA) is 84.9 Å². The number of hydrogen-bond acceptors (Lipinski definition) is 5. The van der Waals surface area contributed by atoms with E-state index < -0.39 is 11.8 Å². The van der Waals surface area contributed by atoms with E-state index in [1.165, 1.54) is 0 Å². The van der Waals surface area contributed by atoms with Gasteiger partial charge in [0, 0.05) is 6.42 Å². The maximum Gasteiger partial charge on any atom is 0.514 e. The number of ether oxygens (including phenoxy) is 2. The molecule has 2 N–H and O–H groups in total. The molecule has 0 radical (unpaired) electrons. The molecule has 0 saturated heterocycles. The first-order valence-corrected chi connectivity index (χ1v) is 9.69. The first-order chi connectivity index (χ1) is 13.7. The third kappa shape index (κ3) is 8.79. The van der Waals surface area contributed by atoms with Gasteiger partial charge in [-0.25, -0.2) is 4.79 Å². The maximum atomic E-state index is 12.2. The molecule has 1 unspecified atom stereocenters. The highest BCUT2D eigenvalue weighted by Crippen LogP contribution is 2.16. The fourth-order valence-corrected chi connectivity index (χ4v) is 2.71. The molecule has 0 heterocycles. The Morgan fingerprint density at radius 2 is 1.66 bits per heavy atom. The minimum absolute atomic E-state index is 0.0993. The molecule has 0 bridgehead atoms. The number of amides is 1. The summed E-state index contributed by atoms with van der Waals surface area (Å²) in [7, 11) is 0. The van der Waals surface area contributed by atoms with Gasteiger partial charge in [0.05, 0.1) is 12.6 Å². The summed E-state index contributed by atoms with van der Waals surface area (Å²) in [4.78, 5) is 23.9. The first kappa shape index (κ1) is 22.4. The van der Waals surface area contributed by atoms with Gasteiger partial charge in [0.25, 0.3) is 0 Å². The second-order valence-corrected chi connectivity index (χ2v) is 7.85. The number of aryl methyl sites for hydroxylation is 1. The molecule has 156 valence electrons. The highest BCUT2D eigenvalue weighted by Gasteiger charge is 2.18. The number of benzene rings is 2. The number of aliphatic hydroxyl groups excluding tert-OH is 1. The summed E-state index contributed by atoms with van der Waals surface area (Å²) in [5.74, 6) is 0.272. The lowest BCUT2D eigenvalue weighted by Gasteiger charge is -2.19. The van der Waals surface area contributed by atoms with Crippen molar-refractivity contribution in [3.63, 3.8) is 0 Å². The van der Waals surface area contributed by atoms with Crippen LogP contribution in [-0.2, 0) is 22.4 Å². The van der Waals surface area contributed by atoms with E-state index in [1.807, 2.05) is 30.3 Å². The van der Waals surface area contributed by atoms with Gasteiger partial charge in [0.2, 0.25) is 5.91 Å². The van der Waals surface area contributed by atoms with Crippen molar-refractivity contribution in [3.8, 4) is 5.75 Å². The predicted octanol–water partition coefficient (Wildman–Crippen LogP) is 3.65. The van der Waals surface area contributed by atoms with Crippen molar-refractivity contribution in [1.82, 2.24) is 5.32 Å². The molecule has 0 aliphatic carbocycles. The highest BCUT2D eigenvalue weighted by atomic mass is 16.7. The molecule has 1 atom stereocenters. The van der Waals surface area contributed by atoms with E-state index in [0.717, 1.165) is 11.1 Å². The van der Waals surface area contributed by atoms with Crippen LogP contribution >= 0.6 is 0 Å². The number of hydrogen-bond donors (Lipinski definition) is 2. The van der Waals surface area contributed by atoms with Gasteiger partial charge < -0.3 is 19.9 Å². The van der Waals surface area contributed by atoms with Crippen molar-refractivity contribution >= 4 is 12.1 Å². The summed E-state index contributed by atoms with van der Waals surface area (Å²) in [6.45, 7) is 5.13. The molecule has 0 saturated carbocycles. The van der Waals surface area contributed by atoms with Crippen LogP contribution < -0.4 is 10.1 Å². The molecule has 6 heteroatoms. The minimum atomic E-state index is -0.760. The largest absolute Gasteiger partial charge is 0.514 e. The van der Waals surface area contributed by atoms with Gasteiger partial charge in [-0.15, -0.1) is 0 Å². The lowest BCUT2D eigenvalue weighted by molar-refractivity contribution is -0.122. The fourth-order valence-electron chi connectivity index (χ4n) is 2.71. The second kappa shape index (κ2) is 10.6. The molecule has 1 amide bonds. The van der Waals surface area contributed by atoms with Crippen molar-refractivity contribution < 1.29 is 24.2 Å². The fraction of sp³-hybridized carbons (Fsp3) is 0.391. The molecule has 0 aliphatic heterocycles. The molecule has 6 nitrogen and oxygen atoms in total. The first-order valence-electron chi connectivity index (χ1n) is 9.69. The zero-order chi connectivity index (χ0) is 21.3. The van der Waals surface area contributed by atoms with Gasteiger partial charge in [-0.1, -0.05) is 42.5 Å². The normalized spacial score (nSPS) is 12.1. The van der Waals surface area contributed by atoms with Crippen molar-refractivity contribution in [2.75, 3.05) is 6.61 Å². The average Bonchev–Trinajstić information content (AvgIpc) is 2.66. The lowest BCUT2D eigenvalue weighted by Crippen LogP contribution is -2.39.